The summed E-state index contributed by atoms with van der Waals surface area (Å²) in [5.74, 6) is -0.514. The third-order valence-corrected chi connectivity index (χ3v) is 3.06. The molecule has 0 heterocycles. The topological polar surface area (TPSA) is 49.3 Å². The Morgan fingerprint density at radius 1 is 1.91 bits per heavy atom. The fourth-order valence-corrected chi connectivity index (χ4v) is 2.16. The molecule has 0 aromatic carbocycles. The van der Waals surface area contributed by atoms with Gasteiger partial charge in [0.05, 0.1) is 0 Å². The van der Waals surface area contributed by atoms with Crippen LogP contribution in [0.5, 0.6) is 0 Å². The molecule has 5 heteroatoms. The van der Waals surface area contributed by atoms with Crippen LogP contribution < -0.4 is 4.33 Å². The Balaban J connectivity index is 3.52. The van der Waals surface area contributed by atoms with Crippen molar-refractivity contribution in [3.05, 3.63) is 12.7 Å². The van der Waals surface area contributed by atoms with E-state index in [2.05, 4.69) is 23.5 Å². The van der Waals surface area contributed by atoms with Crippen molar-refractivity contribution in [3.63, 3.8) is 0 Å². The van der Waals surface area contributed by atoms with Crippen molar-refractivity contribution < 1.29 is 9.90 Å². The first kappa shape index (κ1) is 11.0. The number of rotatable bonds is 6. The van der Waals surface area contributed by atoms with Crippen LogP contribution in [0.3, 0.4) is 0 Å². The second kappa shape index (κ2) is 6.73. The predicted molar refractivity (Wildman–Crippen MR) is 49.2 cm³/mol. The summed E-state index contributed by atoms with van der Waals surface area (Å²) in [6.07, 6.45) is 1.77. The molecule has 1 atom stereocenters. The first-order valence-corrected chi connectivity index (χ1v) is 5.74. The first-order chi connectivity index (χ1) is 5.22. The summed E-state index contributed by atoms with van der Waals surface area (Å²) < 4.78 is 2.89. The van der Waals surface area contributed by atoms with Crippen LogP contribution in [-0.2, 0) is 4.79 Å². The molecule has 0 rings (SSSR count). The van der Waals surface area contributed by atoms with E-state index in [-0.39, 0.29) is 15.2 Å². The van der Waals surface area contributed by atoms with Crippen molar-refractivity contribution in [2.24, 2.45) is 0 Å². The van der Waals surface area contributed by atoms with Crippen LogP contribution >= 0.6 is 12.6 Å². The van der Waals surface area contributed by atoms with Crippen LogP contribution in [-0.4, -0.2) is 38.0 Å². The van der Waals surface area contributed by atoms with Gasteiger partial charge >= 0.3 is 77.8 Å². The van der Waals surface area contributed by atoms with E-state index in [0.717, 1.165) is 5.32 Å². The molecular weight excluding hydrogens is 229 g/mol. The Bertz CT molecular complexity index is 143. The molecule has 0 aromatic heterocycles. The molecule has 0 saturated carbocycles. The zero-order valence-corrected chi connectivity index (χ0v) is 8.59. The number of nitrogens with one attached hydrogen (secondary N) is 1. The molecule has 11 heavy (non-hydrogen) atoms. The molecule has 0 saturated heterocycles. The van der Waals surface area contributed by atoms with Gasteiger partial charge in [0.1, 0.15) is 0 Å². The minimum atomic E-state index is -0.842. The first-order valence-electron chi connectivity index (χ1n) is 3.04. The van der Waals surface area contributed by atoms with Crippen LogP contribution in [0.2, 0.25) is 5.32 Å². The molecule has 0 aliphatic heterocycles. The monoisotopic (exact) mass is 241 g/mol. The molecular formula is C6H11NO2SSe. The number of hydrogen-bond donors (Lipinski definition) is 3. The summed E-state index contributed by atoms with van der Waals surface area (Å²) in [6, 6.07) is -0.515. The number of aliphatic carboxylic acids is 1. The van der Waals surface area contributed by atoms with Crippen LogP contribution in [0.4, 0.5) is 0 Å². The standard InChI is InChI=1S/C6H11NO2SSe/c1-2-3-11-7-5(4-10)6(8)9/h2,5,7,10H,1,3-4H2,(H,8,9)/t5-/m0/s1. The third kappa shape index (κ3) is 5.32. The summed E-state index contributed by atoms with van der Waals surface area (Å²) in [6.45, 7) is 3.54. The van der Waals surface area contributed by atoms with Crippen molar-refractivity contribution in [1.29, 1.82) is 0 Å². The van der Waals surface area contributed by atoms with E-state index in [9.17, 15) is 4.79 Å². The fraction of sp³-hybridized carbons (Fsp3) is 0.500. The molecule has 0 fully saturated rings. The van der Waals surface area contributed by atoms with Crippen molar-refractivity contribution >= 4 is 33.8 Å². The van der Waals surface area contributed by atoms with Crippen LogP contribution in [0.25, 0.3) is 0 Å². The minimum absolute atomic E-state index is 0.132. The van der Waals surface area contributed by atoms with Crippen molar-refractivity contribution in [2.45, 2.75) is 11.4 Å². The van der Waals surface area contributed by atoms with Crippen LogP contribution in [0, 0.1) is 0 Å². The number of carboxylic acids is 1. The van der Waals surface area contributed by atoms with E-state index < -0.39 is 12.0 Å². The molecule has 0 bridgehead atoms. The molecule has 0 aliphatic carbocycles. The van der Waals surface area contributed by atoms with Gasteiger partial charge in [0, 0.05) is 0 Å². The van der Waals surface area contributed by atoms with Crippen LogP contribution in [0.15, 0.2) is 12.7 Å². The van der Waals surface area contributed by atoms with E-state index in [1.54, 1.807) is 6.08 Å². The Kier molecular flexibility index (Phi) is 6.76. The molecule has 0 spiro atoms. The maximum absolute atomic E-state index is 10.4. The molecule has 0 amide bonds. The van der Waals surface area contributed by atoms with Gasteiger partial charge in [-0.15, -0.1) is 0 Å². The summed E-state index contributed by atoms with van der Waals surface area (Å²) in [5.41, 5.74) is 0. The quantitative estimate of drug-likeness (QED) is 0.269. The van der Waals surface area contributed by atoms with Crippen molar-refractivity contribution in [3.8, 4) is 0 Å². The number of thiol groups is 1. The van der Waals surface area contributed by atoms with Gasteiger partial charge in [0.15, 0.2) is 0 Å². The van der Waals surface area contributed by atoms with Gasteiger partial charge < -0.3 is 0 Å². The van der Waals surface area contributed by atoms with Gasteiger partial charge in [-0.3, -0.25) is 0 Å². The number of carboxylic acid groups (broad SMARTS) is 1. The van der Waals surface area contributed by atoms with E-state index in [1.807, 2.05) is 0 Å². The maximum atomic E-state index is 10.4. The average molecular weight is 240 g/mol. The summed E-state index contributed by atoms with van der Waals surface area (Å²) in [7, 11) is 0. The van der Waals surface area contributed by atoms with Crippen molar-refractivity contribution in [2.75, 3.05) is 5.75 Å². The van der Waals surface area contributed by atoms with Gasteiger partial charge in [-0.1, -0.05) is 0 Å². The zero-order chi connectivity index (χ0) is 8.69. The summed E-state index contributed by atoms with van der Waals surface area (Å²) in [4.78, 5) is 10.4. The van der Waals surface area contributed by atoms with Gasteiger partial charge in [-0.25, -0.2) is 0 Å². The Hall–Kier alpha value is 0.0395. The summed E-state index contributed by atoms with van der Waals surface area (Å²) in [5, 5.41) is 9.38. The second-order valence-corrected chi connectivity index (χ2v) is 3.96. The predicted octanol–water partition coefficient (Wildman–Crippen LogP) is 0.182. The molecule has 0 unspecified atom stereocenters. The Morgan fingerprint density at radius 2 is 2.55 bits per heavy atom. The van der Waals surface area contributed by atoms with Gasteiger partial charge in [-0.2, -0.15) is 0 Å². The molecule has 0 aliphatic rings. The number of allylic oxidation sites excluding steroid dienone is 1. The number of hydrogen-bond acceptors (Lipinski definition) is 3. The van der Waals surface area contributed by atoms with E-state index in [4.69, 9.17) is 5.11 Å². The fourth-order valence-electron chi connectivity index (χ4n) is 0.373. The Morgan fingerprint density at radius 3 is 2.91 bits per heavy atom. The summed E-state index contributed by atoms with van der Waals surface area (Å²) >= 11 is 4.03. The van der Waals surface area contributed by atoms with E-state index >= 15 is 0 Å². The normalized spacial score (nSPS) is 12.5. The van der Waals surface area contributed by atoms with Crippen molar-refractivity contribution in [1.82, 2.24) is 4.33 Å². The molecule has 0 aromatic rings. The van der Waals surface area contributed by atoms with Gasteiger partial charge in [0.2, 0.25) is 0 Å². The molecule has 64 valence electrons. The molecule has 0 radical (unpaired) electrons. The zero-order valence-electron chi connectivity index (χ0n) is 5.99. The van der Waals surface area contributed by atoms with Gasteiger partial charge in [0.25, 0.3) is 0 Å². The molecule has 2 N–H and O–H groups in total. The van der Waals surface area contributed by atoms with Crippen LogP contribution in [0.1, 0.15) is 0 Å². The number of carbonyl (C=O) groups is 1. The average Bonchev–Trinajstić information content (AvgIpc) is 1.97. The SMILES string of the molecule is C=CC[Se]N[C@@H](CS)C(=O)O. The molecule has 3 nitrogen and oxygen atoms in total. The van der Waals surface area contributed by atoms with E-state index in [0.29, 0.717) is 5.75 Å². The third-order valence-electron chi connectivity index (χ3n) is 0.907. The van der Waals surface area contributed by atoms with E-state index in [1.165, 1.54) is 0 Å². The van der Waals surface area contributed by atoms with Gasteiger partial charge in [-0.05, 0) is 0 Å². The Labute approximate surface area is 78.0 Å². The second-order valence-electron chi connectivity index (χ2n) is 1.79.